The van der Waals surface area contributed by atoms with Gasteiger partial charge in [0.15, 0.2) is 11.5 Å². The lowest BCUT2D eigenvalue weighted by Crippen LogP contribution is -2.25. The Morgan fingerprint density at radius 1 is 1.19 bits per heavy atom. The average molecular weight is 225 g/mol. The van der Waals surface area contributed by atoms with Gasteiger partial charge in [-0.25, -0.2) is 0 Å². The van der Waals surface area contributed by atoms with E-state index in [2.05, 4.69) is 15.5 Å². The molecule has 0 aromatic heterocycles. The number of rotatable bonds is 1. The molecule has 0 unspecified atom stereocenters. The molecule has 1 fully saturated rings. The summed E-state index contributed by atoms with van der Waals surface area (Å²) in [5.74, 6) is 0.0199. The summed E-state index contributed by atoms with van der Waals surface area (Å²) >= 11 is 0. The molecule has 82 valence electrons. The number of hydrogen-bond donors (Lipinski definition) is 0. The van der Waals surface area contributed by atoms with Gasteiger partial charge in [0.25, 0.3) is 0 Å². The first-order valence-corrected chi connectivity index (χ1v) is 4.86. The van der Waals surface area contributed by atoms with Gasteiger partial charge in [0.1, 0.15) is 0 Å². The largest absolute Gasteiger partial charge is 0.586 e. The number of halogens is 2. The summed E-state index contributed by atoms with van der Waals surface area (Å²) < 4.78 is 34.1. The monoisotopic (exact) mass is 225 g/mol. The zero-order chi connectivity index (χ0) is 11.4. The molecule has 1 aliphatic carbocycles. The minimum atomic E-state index is -3.59. The third-order valence-electron chi connectivity index (χ3n) is 2.92. The highest BCUT2D eigenvalue weighted by atomic mass is 19.3. The van der Waals surface area contributed by atoms with Crippen LogP contribution in [0.4, 0.5) is 8.78 Å². The molecule has 2 aliphatic rings. The molecule has 0 amide bonds. The van der Waals surface area contributed by atoms with Gasteiger partial charge in [-0.05, 0) is 30.5 Å². The van der Waals surface area contributed by atoms with Gasteiger partial charge in [-0.15, -0.1) is 8.78 Å². The van der Waals surface area contributed by atoms with E-state index in [4.69, 9.17) is 5.26 Å². The summed E-state index contributed by atoms with van der Waals surface area (Å²) in [4.78, 5) is 0. The summed E-state index contributed by atoms with van der Waals surface area (Å²) in [5.41, 5.74) is 0.214. The van der Waals surface area contributed by atoms with E-state index < -0.39 is 11.7 Å². The lowest BCUT2D eigenvalue weighted by Gasteiger charge is -2.06. The van der Waals surface area contributed by atoms with Crippen LogP contribution in [0.5, 0.6) is 11.5 Å². The quantitative estimate of drug-likeness (QED) is 0.737. The molecule has 0 spiro atoms. The zero-order valence-electron chi connectivity index (χ0n) is 8.17. The fraction of sp³-hybridized carbons (Fsp3) is 0.364. The fourth-order valence-electron chi connectivity index (χ4n) is 1.84. The van der Waals surface area contributed by atoms with Crippen molar-refractivity contribution in [2.24, 2.45) is 0 Å². The Balaban J connectivity index is 2.01. The lowest BCUT2D eigenvalue weighted by atomic mass is 10.1. The second kappa shape index (κ2) is 2.64. The molecule has 1 aliphatic heterocycles. The second-order valence-electron chi connectivity index (χ2n) is 4.02. The van der Waals surface area contributed by atoms with Crippen LogP contribution in [-0.4, -0.2) is 6.29 Å². The van der Waals surface area contributed by atoms with E-state index >= 15 is 0 Å². The Bertz CT molecular complexity index is 503. The summed E-state index contributed by atoms with van der Waals surface area (Å²) in [6, 6.07) is 6.72. The SMILES string of the molecule is N#[14C]C1(c2ccc3c(c2)OC(F)(F)O3)CC1. The summed E-state index contributed by atoms with van der Waals surface area (Å²) in [7, 11) is 0. The van der Waals surface area contributed by atoms with Gasteiger partial charge in [0, 0.05) is 0 Å². The summed E-state index contributed by atoms with van der Waals surface area (Å²) in [6.45, 7) is 0. The number of nitrogens with zero attached hydrogens (tertiary/aromatic N) is 1. The van der Waals surface area contributed by atoms with Crippen LogP contribution in [0.3, 0.4) is 0 Å². The summed E-state index contributed by atoms with van der Waals surface area (Å²) in [6.07, 6.45) is -2.07. The number of nitriles is 1. The summed E-state index contributed by atoms with van der Waals surface area (Å²) in [5, 5.41) is 8.99. The molecule has 3 nitrogen and oxygen atoms in total. The Labute approximate surface area is 90.2 Å². The van der Waals surface area contributed by atoms with E-state index in [1.807, 2.05) is 0 Å². The third kappa shape index (κ3) is 1.23. The van der Waals surface area contributed by atoms with Crippen LogP contribution in [0.25, 0.3) is 0 Å². The maximum Gasteiger partial charge on any atom is 0.586 e. The maximum atomic E-state index is 12.8. The van der Waals surface area contributed by atoms with E-state index in [0.717, 1.165) is 18.4 Å². The molecular formula is C11H7F2NO2. The van der Waals surface area contributed by atoms with Crippen LogP contribution < -0.4 is 9.47 Å². The van der Waals surface area contributed by atoms with Crippen molar-refractivity contribution in [1.82, 2.24) is 0 Å². The van der Waals surface area contributed by atoms with Gasteiger partial charge in [0.2, 0.25) is 0 Å². The van der Waals surface area contributed by atoms with Gasteiger partial charge < -0.3 is 9.47 Å². The highest BCUT2D eigenvalue weighted by Gasteiger charge is 2.48. The van der Waals surface area contributed by atoms with Crippen molar-refractivity contribution in [1.29, 1.82) is 5.26 Å². The molecule has 0 N–H and O–H groups in total. The molecule has 0 atom stereocenters. The van der Waals surface area contributed by atoms with Crippen LogP contribution in [-0.2, 0) is 5.41 Å². The van der Waals surface area contributed by atoms with Crippen LogP contribution in [0.15, 0.2) is 18.2 Å². The lowest BCUT2D eigenvalue weighted by molar-refractivity contribution is -0.286. The van der Waals surface area contributed by atoms with Gasteiger partial charge >= 0.3 is 6.29 Å². The Hall–Kier alpha value is -1.83. The molecule has 1 aromatic rings. The molecule has 1 heterocycles. The molecule has 5 heteroatoms. The zero-order valence-corrected chi connectivity index (χ0v) is 8.17. The Kier molecular flexibility index (Phi) is 1.55. The first-order chi connectivity index (χ1) is 7.55. The van der Waals surface area contributed by atoms with Crippen LogP contribution in [0, 0.1) is 11.3 Å². The standard InChI is InChI=1S/C11H7F2NO2/c12-11(13)15-8-2-1-7(5-9(8)16-11)10(6-14)3-4-10/h1-2,5H,3-4H2/i6+2. The van der Waals surface area contributed by atoms with Gasteiger partial charge in [-0.3, -0.25) is 0 Å². The predicted molar refractivity (Wildman–Crippen MR) is 49.2 cm³/mol. The van der Waals surface area contributed by atoms with E-state index in [1.165, 1.54) is 12.1 Å². The minimum Gasteiger partial charge on any atom is -0.395 e. The predicted octanol–water partition coefficient (Wildman–Crippen LogP) is 2.56. The Morgan fingerprint density at radius 2 is 1.88 bits per heavy atom. The number of benzene rings is 1. The number of ether oxygens (including phenoxy) is 2. The molecule has 0 bridgehead atoms. The van der Waals surface area contributed by atoms with Gasteiger partial charge in [0.05, 0.1) is 11.5 Å². The normalized spacial score (nSPS) is 22.6. The van der Waals surface area contributed by atoms with E-state index in [9.17, 15) is 8.78 Å². The minimum absolute atomic E-state index is 0.00373. The molecule has 3 rings (SSSR count). The van der Waals surface area contributed by atoms with E-state index in [0.29, 0.717) is 0 Å². The molecule has 0 saturated heterocycles. The fourth-order valence-corrected chi connectivity index (χ4v) is 1.84. The molecular weight excluding hydrogens is 218 g/mol. The van der Waals surface area contributed by atoms with E-state index in [1.54, 1.807) is 6.07 Å². The van der Waals surface area contributed by atoms with Crippen molar-refractivity contribution in [2.75, 3.05) is 0 Å². The molecule has 1 aromatic carbocycles. The van der Waals surface area contributed by atoms with Gasteiger partial charge in [-0.2, -0.15) is 5.26 Å². The van der Waals surface area contributed by atoms with Crippen molar-refractivity contribution >= 4 is 0 Å². The maximum absolute atomic E-state index is 12.8. The Morgan fingerprint density at radius 3 is 2.50 bits per heavy atom. The highest BCUT2D eigenvalue weighted by Crippen LogP contribution is 2.51. The topological polar surface area (TPSA) is 42.2 Å². The molecule has 16 heavy (non-hydrogen) atoms. The first kappa shape index (κ1) is 9.40. The van der Waals surface area contributed by atoms with Crippen molar-refractivity contribution in [3.05, 3.63) is 23.8 Å². The van der Waals surface area contributed by atoms with Crippen molar-refractivity contribution in [3.63, 3.8) is 0 Å². The second-order valence-corrected chi connectivity index (χ2v) is 4.02. The number of hydrogen-bond acceptors (Lipinski definition) is 3. The number of fused-ring (bicyclic) bond motifs is 1. The molecule has 0 radical (unpaired) electrons. The van der Waals surface area contributed by atoms with Crippen LogP contribution in [0.2, 0.25) is 0 Å². The smallest absolute Gasteiger partial charge is 0.395 e. The van der Waals surface area contributed by atoms with Crippen molar-refractivity contribution in [2.45, 2.75) is 24.6 Å². The van der Waals surface area contributed by atoms with Crippen molar-refractivity contribution in [3.8, 4) is 17.6 Å². The van der Waals surface area contributed by atoms with Crippen LogP contribution >= 0.6 is 0 Å². The molecule has 1 saturated carbocycles. The van der Waals surface area contributed by atoms with Crippen molar-refractivity contribution < 1.29 is 18.3 Å². The van der Waals surface area contributed by atoms with Crippen LogP contribution in [0.1, 0.15) is 18.4 Å². The third-order valence-corrected chi connectivity index (χ3v) is 2.92. The average Bonchev–Trinajstić information content (AvgIpc) is 2.95. The van der Waals surface area contributed by atoms with Gasteiger partial charge in [-0.1, -0.05) is 6.07 Å². The highest BCUT2D eigenvalue weighted by molar-refractivity contribution is 5.50. The van der Waals surface area contributed by atoms with E-state index in [-0.39, 0.29) is 11.5 Å². The first-order valence-electron chi connectivity index (χ1n) is 4.86. The number of alkyl halides is 2.